The van der Waals surface area contributed by atoms with Crippen LogP contribution >= 0.6 is 0 Å². The third-order valence-electron chi connectivity index (χ3n) is 6.59. The summed E-state index contributed by atoms with van der Waals surface area (Å²) in [4.78, 5) is 49.5. The van der Waals surface area contributed by atoms with Crippen molar-refractivity contribution in [2.75, 3.05) is 32.8 Å². The van der Waals surface area contributed by atoms with Crippen LogP contribution in [0, 0.1) is 0 Å². The van der Waals surface area contributed by atoms with E-state index in [-0.39, 0.29) is 24.7 Å². The van der Waals surface area contributed by atoms with Crippen molar-refractivity contribution in [1.82, 2.24) is 24.9 Å². The largest absolute Gasteiger partial charge is 0.444 e. The molecule has 40 heavy (non-hydrogen) atoms. The fourth-order valence-corrected chi connectivity index (χ4v) is 4.58. The van der Waals surface area contributed by atoms with E-state index in [1.807, 2.05) is 27.7 Å². The van der Waals surface area contributed by atoms with Gasteiger partial charge in [0, 0.05) is 25.7 Å². The third-order valence-corrected chi connectivity index (χ3v) is 6.59. The van der Waals surface area contributed by atoms with Crippen molar-refractivity contribution in [2.45, 2.75) is 111 Å². The van der Waals surface area contributed by atoms with Crippen molar-refractivity contribution in [1.29, 1.82) is 0 Å². The molecule has 0 unspecified atom stereocenters. The van der Waals surface area contributed by atoms with E-state index in [0.29, 0.717) is 50.7 Å². The predicted octanol–water partition coefficient (Wildman–Crippen LogP) is 5.34. The monoisotopic (exact) mass is 565 g/mol. The minimum atomic E-state index is -0.691. The molecule has 1 aromatic heterocycles. The number of ether oxygens (including phenoxy) is 2. The number of amides is 4. The first-order chi connectivity index (χ1) is 18.7. The lowest BCUT2D eigenvalue weighted by Gasteiger charge is -2.44. The maximum atomic E-state index is 13.2. The van der Waals surface area contributed by atoms with Gasteiger partial charge in [0.25, 0.3) is 0 Å². The Labute approximate surface area is 237 Å². The van der Waals surface area contributed by atoms with Gasteiger partial charge in [-0.2, -0.15) is 0 Å². The zero-order valence-electron chi connectivity index (χ0n) is 25.4. The van der Waals surface area contributed by atoms with Crippen molar-refractivity contribution < 1.29 is 33.2 Å². The number of hydrogen-bond donors (Lipinski definition) is 0. The highest BCUT2D eigenvalue weighted by molar-refractivity contribution is 5.74. The van der Waals surface area contributed by atoms with Gasteiger partial charge in [-0.05, 0) is 67.7 Å². The van der Waals surface area contributed by atoms with Gasteiger partial charge in [0.1, 0.15) is 16.9 Å². The lowest BCUT2D eigenvalue weighted by atomic mass is 10.1. The summed E-state index contributed by atoms with van der Waals surface area (Å²) in [5.41, 5.74) is -0.661. The first-order valence-electron chi connectivity index (χ1n) is 14.4. The molecule has 12 heteroatoms. The number of hydroxylamine groups is 2. The highest BCUT2D eigenvalue weighted by Gasteiger charge is 2.41. The van der Waals surface area contributed by atoms with Gasteiger partial charge in [-0.25, -0.2) is 19.4 Å². The quantitative estimate of drug-likeness (QED) is 0.368. The second-order valence-electron chi connectivity index (χ2n) is 12.4. The Balaban J connectivity index is 1.72. The topological polar surface area (TPSA) is 118 Å². The van der Waals surface area contributed by atoms with Gasteiger partial charge in [0.05, 0.1) is 31.8 Å². The second-order valence-corrected chi connectivity index (χ2v) is 12.4. The van der Waals surface area contributed by atoms with Crippen LogP contribution < -0.4 is 0 Å². The van der Waals surface area contributed by atoms with Crippen molar-refractivity contribution in [3.8, 4) is 0 Å². The molecule has 0 radical (unpaired) electrons. The van der Waals surface area contributed by atoms with Crippen molar-refractivity contribution in [2.24, 2.45) is 0 Å². The molecule has 0 aliphatic carbocycles. The molecule has 0 N–H and O–H groups in total. The van der Waals surface area contributed by atoms with E-state index in [2.05, 4.69) is 12.1 Å². The summed E-state index contributed by atoms with van der Waals surface area (Å²) >= 11 is 0. The SMILES string of the molecule is CCCCON1CCC[C@@H](c2cc(CN(C(=O)OC(C)(C)C)C3CN(C(=O)OC(C)(C)C)C3)on2)N(CC)C1=O. The van der Waals surface area contributed by atoms with Crippen LogP contribution in [0.5, 0.6) is 0 Å². The van der Waals surface area contributed by atoms with E-state index < -0.39 is 23.4 Å². The first-order valence-corrected chi connectivity index (χ1v) is 14.4. The number of urea groups is 1. The molecule has 2 saturated heterocycles. The Morgan fingerprint density at radius 3 is 2.38 bits per heavy atom. The molecule has 1 aromatic rings. The summed E-state index contributed by atoms with van der Waals surface area (Å²) in [5.74, 6) is 0.473. The summed E-state index contributed by atoms with van der Waals surface area (Å²) in [6.07, 6.45) is 2.43. The normalized spacial score (nSPS) is 18.9. The lowest BCUT2D eigenvalue weighted by molar-refractivity contribution is -0.123. The molecule has 4 amide bonds. The van der Waals surface area contributed by atoms with E-state index in [4.69, 9.17) is 18.8 Å². The van der Waals surface area contributed by atoms with Gasteiger partial charge >= 0.3 is 18.2 Å². The lowest BCUT2D eigenvalue weighted by Crippen LogP contribution is -2.63. The van der Waals surface area contributed by atoms with Gasteiger partial charge in [-0.1, -0.05) is 18.5 Å². The average molecular weight is 566 g/mol. The van der Waals surface area contributed by atoms with Crippen LogP contribution in [0.15, 0.2) is 10.6 Å². The summed E-state index contributed by atoms with van der Waals surface area (Å²) in [7, 11) is 0. The Morgan fingerprint density at radius 1 is 1.10 bits per heavy atom. The zero-order chi connectivity index (χ0) is 29.7. The van der Waals surface area contributed by atoms with E-state index in [0.717, 1.165) is 19.3 Å². The molecule has 2 fully saturated rings. The van der Waals surface area contributed by atoms with Crippen LogP contribution in [0.1, 0.15) is 98.6 Å². The number of nitrogens with zero attached hydrogens (tertiary/aromatic N) is 5. The number of unbranched alkanes of at least 4 members (excludes halogenated alkanes) is 1. The van der Waals surface area contributed by atoms with Crippen LogP contribution in [0.25, 0.3) is 0 Å². The van der Waals surface area contributed by atoms with Gasteiger partial charge in [0.15, 0.2) is 5.76 Å². The van der Waals surface area contributed by atoms with Crippen molar-refractivity contribution in [3.05, 3.63) is 17.5 Å². The molecule has 12 nitrogen and oxygen atoms in total. The molecule has 3 rings (SSSR count). The van der Waals surface area contributed by atoms with Crippen LogP contribution in [-0.4, -0.2) is 93.2 Å². The molecule has 1 atom stereocenters. The highest BCUT2D eigenvalue weighted by atomic mass is 16.7. The summed E-state index contributed by atoms with van der Waals surface area (Å²) in [5, 5.41) is 5.75. The molecule has 2 aliphatic rings. The number of likely N-dealkylation sites (tertiary alicyclic amines) is 1. The Bertz CT molecular complexity index is 1010. The van der Waals surface area contributed by atoms with E-state index in [1.165, 1.54) is 5.06 Å². The fourth-order valence-electron chi connectivity index (χ4n) is 4.58. The van der Waals surface area contributed by atoms with Gasteiger partial charge < -0.3 is 23.8 Å². The summed E-state index contributed by atoms with van der Waals surface area (Å²) in [6.45, 7) is 17.2. The van der Waals surface area contributed by atoms with Gasteiger partial charge in [-0.15, -0.1) is 0 Å². The van der Waals surface area contributed by atoms with Gasteiger partial charge in [0.2, 0.25) is 0 Å². The van der Waals surface area contributed by atoms with Crippen molar-refractivity contribution >= 4 is 18.2 Å². The molecular weight excluding hydrogens is 518 g/mol. The third kappa shape index (κ3) is 8.49. The molecule has 2 aliphatic heterocycles. The van der Waals surface area contributed by atoms with Crippen LogP contribution in [0.3, 0.4) is 0 Å². The van der Waals surface area contributed by atoms with Gasteiger partial charge in [-0.3, -0.25) is 9.74 Å². The Hall–Kier alpha value is -3.02. The molecule has 0 saturated carbocycles. The maximum absolute atomic E-state index is 13.2. The van der Waals surface area contributed by atoms with E-state index >= 15 is 0 Å². The number of hydrogen-bond acceptors (Lipinski definition) is 8. The molecule has 0 aromatic carbocycles. The number of carbonyl (C=O) groups is 3. The van der Waals surface area contributed by atoms with Crippen LogP contribution in [0.2, 0.25) is 0 Å². The summed E-state index contributed by atoms with van der Waals surface area (Å²) in [6, 6.07) is 1.08. The smallest absolute Gasteiger partial charge is 0.411 e. The molecule has 3 heterocycles. The summed E-state index contributed by atoms with van der Waals surface area (Å²) < 4.78 is 16.8. The predicted molar refractivity (Wildman–Crippen MR) is 147 cm³/mol. The number of carbonyl (C=O) groups excluding carboxylic acids is 3. The van der Waals surface area contributed by atoms with Crippen LogP contribution in [0.4, 0.5) is 14.4 Å². The number of rotatable bonds is 9. The molecular formula is C28H47N5O7. The molecule has 0 spiro atoms. The average Bonchev–Trinajstić information content (AvgIpc) is 3.20. The number of aromatic nitrogens is 1. The zero-order valence-corrected chi connectivity index (χ0v) is 25.4. The standard InChI is InChI=1S/C28H47N5O7/c1-9-11-15-37-33-14-12-13-23(31(10-2)24(33)34)22-16-21(40-29-22)19-32(26(36)39-28(6,7)8)20-17-30(18-20)25(35)38-27(3,4)5/h16,20,23H,9-15,17-19H2,1-8H3/t23-/m0/s1. The molecule has 0 bridgehead atoms. The Kier molecular flexibility index (Phi) is 10.3. The minimum Gasteiger partial charge on any atom is -0.444 e. The maximum Gasteiger partial charge on any atom is 0.411 e. The fraction of sp³-hybridized carbons (Fsp3) is 0.786. The van der Waals surface area contributed by atoms with E-state index in [9.17, 15) is 14.4 Å². The van der Waals surface area contributed by atoms with Crippen LogP contribution in [-0.2, 0) is 20.9 Å². The highest BCUT2D eigenvalue weighted by Crippen LogP contribution is 2.31. The Morgan fingerprint density at radius 2 is 1.77 bits per heavy atom. The van der Waals surface area contributed by atoms with Crippen molar-refractivity contribution in [3.63, 3.8) is 0 Å². The minimum absolute atomic E-state index is 0.119. The first kappa shape index (κ1) is 31.5. The molecule has 226 valence electrons. The van der Waals surface area contributed by atoms with E-state index in [1.54, 1.807) is 41.5 Å². The second kappa shape index (κ2) is 13.1.